The molecule has 1 atom stereocenters. The van der Waals surface area contributed by atoms with Crippen LogP contribution in [0.1, 0.15) is 43.8 Å². The van der Waals surface area contributed by atoms with Crippen molar-refractivity contribution in [1.82, 2.24) is 0 Å². The lowest BCUT2D eigenvalue weighted by molar-refractivity contribution is 0.0677. The zero-order chi connectivity index (χ0) is 11.4. The minimum atomic E-state index is -0.904. The molecule has 0 amide bonds. The topological polar surface area (TPSA) is 26.0 Å². The van der Waals surface area contributed by atoms with Gasteiger partial charge in [-0.1, -0.05) is 49.6 Å². The smallest absolute Gasteiger partial charge is 0.132 e. The molecular weight excluding hydrogens is 201 g/mol. The van der Waals surface area contributed by atoms with Crippen molar-refractivity contribution in [3.8, 4) is 0 Å². The Morgan fingerprint density at radius 3 is 2.31 bits per heavy atom. The lowest BCUT2D eigenvalue weighted by atomic mass is 9.69. The minimum absolute atomic E-state index is 0.306. The molecule has 1 aromatic carbocycles. The average molecular weight is 221 g/mol. The van der Waals surface area contributed by atoms with Crippen LogP contribution in [0, 0.1) is 5.41 Å². The van der Waals surface area contributed by atoms with Crippen molar-refractivity contribution in [2.24, 2.45) is 11.1 Å². The molecule has 2 rings (SSSR count). The third-order valence-electron chi connectivity index (χ3n) is 3.89. The summed E-state index contributed by atoms with van der Waals surface area (Å²) < 4.78 is 14.6. The molecule has 0 spiro atoms. The first kappa shape index (κ1) is 11.6. The van der Waals surface area contributed by atoms with Crippen LogP contribution in [0.4, 0.5) is 4.39 Å². The van der Waals surface area contributed by atoms with E-state index in [1.54, 1.807) is 0 Å². The lowest BCUT2D eigenvalue weighted by Gasteiger charge is -2.39. The second-order valence-corrected chi connectivity index (χ2v) is 4.90. The van der Waals surface area contributed by atoms with E-state index in [0.717, 1.165) is 31.2 Å². The molecule has 0 heterocycles. The van der Waals surface area contributed by atoms with Crippen molar-refractivity contribution in [3.05, 3.63) is 35.9 Å². The highest BCUT2D eigenvalue weighted by atomic mass is 19.1. The molecule has 0 aliphatic heterocycles. The zero-order valence-electron chi connectivity index (χ0n) is 9.66. The largest absolute Gasteiger partial charge is 0.330 e. The standard InChI is InChI=1S/C14H20FN/c15-13(12-7-3-1-4-8-12)14(11-16)9-5-2-6-10-14/h1,3-4,7-8,13H,2,5-6,9-11,16H2. The van der Waals surface area contributed by atoms with Gasteiger partial charge in [-0.15, -0.1) is 0 Å². The van der Waals surface area contributed by atoms with Crippen molar-refractivity contribution in [1.29, 1.82) is 0 Å². The van der Waals surface area contributed by atoms with Gasteiger partial charge >= 0.3 is 0 Å². The van der Waals surface area contributed by atoms with Crippen LogP contribution >= 0.6 is 0 Å². The number of hydrogen-bond acceptors (Lipinski definition) is 1. The molecule has 16 heavy (non-hydrogen) atoms. The van der Waals surface area contributed by atoms with Crippen LogP contribution in [-0.4, -0.2) is 6.54 Å². The van der Waals surface area contributed by atoms with Crippen LogP contribution in [0.3, 0.4) is 0 Å². The van der Waals surface area contributed by atoms with Crippen molar-refractivity contribution in [2.45, 2.75) is 38.3 Å². The quantitative estimate of drug-likeness (QED) is 0.829. The highest BCUT2D eigenvalue weighted by Gasteiger charge is 2.39. The summed E-state index contributed by atoms with van der Waals surface area (Å²) >= 11 is 0. The summed E-state index contributed by atoms with van der Waals surface area (Å²) in [6, 6.07) is 9.46. The van der Waals surface area contributed by atoms with Crippen LogP contribution < -0.4 is 5.73 Å². The lowest BCUT2D eigenvalue weighted by Crippen LogP contribution is -2.37. The van der Waals surface area contributed by atoms with Gasteiger partial charge < -0.3 is 5.73 Å². The predicted octanol–water partition coefficient (Wildman–Crippen LogP) is 3.61. The molecule has 1 aliphatic carbocycles. The first-order valence-electron chi connectivity index (χ1n) is 6.18. The summed E-state index contributed by atoms with van der Waals surface area (Å²) in [4.78, 5) is 0. The molecular formula is C14H20FN. The Balaban J connectivity index is 2.20. The van der Waals surface area contributed by atoms with E-state index >= 15 is 0 Å². The maximum Gasteiger partial charge on any atom is 0.132 e. The summed E-state index contributed by atoms with van der Waals surface area (Å²) in [6.45, 7) is 0.461. The Kier molecular flexibility index (Phi) is 3.59. The van der Waals surface area contributed by atoms with Crippen LogP contribution in [-0.2, 0) is 0 Å². The van der Waals surface area contributed by atoms with E-state index < -0.39 is 6.17 Å². The Bertz CT molecular complexity index is 317. The number of rotatable bonds is 3. The van der Waals surface area contributed by atoms with Crippen LogP contribution in [0.2, 0.25) is 0 Å². The summed E-state index contributed by atoms with van der Waals surface area (Å²) in [6.07, 6.45) is 4.41. The Morgan fingerprint density at radius 1 is 1.12 bits per heavy atom. The molecule has 1 nitrogen and oxygen atoms in total. The normalized spacial score (nSPS) is 21.6. The van der Waals surface area contributed by atoms with Crippen molar-refractivity contribution in [2.75, 3.05) is 6.54 Å². The van der Waals surface area contributed by atoms with E-state index in [1.165, 1.54) is 6.42 Å². The first-order valence-corrected chi connectivity index (χ1v) is 6.18. The maximum atomic E-state index is 14.6. The van der Waals surface area contributed by atoms with Crippen molar-refractivity contribution < 1.29 is 4.39 Å². The van der Waals surface area contributed by atoms with Gasteiger partial charge in [-0.25, -0.2) is 4.39 Å². The second-order valence-electron chi connectivity index (χ2n) is 4.90. The van der Waals surface area contributed by atoms with Gasteiger partial charge in [-0.05, 0) is 18.4 Å². The monoisotopic (exact) mass is 221 g/mol. The molecule has 1 aliphatic rings. The second kappa shape index (κ2) is 4.96. The summed E-state index contributed by atoms with van der Waals surface area (Å²) in [5, 5.41) is 0. The molecule has 1 saturated carbocycles. The molecule has 0 aromatic heterocycles. The van der Waals surface area contributed by atoms with Gasteiger partial charge in [-0.2, -0.15) is 0 Å². The number of halogens is 1. The third-order valence-corrected chi connectivity index (χ3v) is 3.89. The van der Waals surface area contributed by atoms with E-state index in [2.05, 4.69) is 0 Å². The van der Waals surface area contributed by atoms with Gasteiger partial charge in [0.15, 0.2) is 0 Å². The highest BCUT2D eigenvalue weighted by Crippen LogP contribution is 2.47. The fourth-order valence-corrected chi connectivity index (χ4v) is 2.79. The maximum absolute atomic E-state index is 14.6. The summed E-state index contributed by atoms with van der Waals surface area (Å²) in [5.74, 6) is 0. The predicted molar refractivity (Wildman–Crippen MR) is 64.9 cm³/mol. The molecule has 0 saturated heterocycles. The molecule has 1 fully saturated rings. The van der Waals surface area contributed by atoms with E-state index in [-0.39, 0.29) is 5.41 Å². The van der Waals surface area contributed by atoms with E-state index in [9.17, 15) is 4.39 Å². The first-order chi connectivity index (χ1) is 7.78. The fraction of sp³-hybridized carbons (Fsp3) is 0.571. The SMILES string of the molecule is NCC1(C(F)c2ccccc2)CCCCC1. The molecule has 0 radical (unpaired) electrons. The van der Waals surface area contributed by atoms with Crippen molar-refractivity contribution in [3.63, 3.8) is 0 Å². The minimum Gasteiger partial charge on any atom is -0.330 e. The van der Waals surface area contributed by atoms with Gasteiger partial charge in [0.1, 0.15) is 6.17 Å². The fourth-order valence-electron chi connectivity index (χ4n) is 2.79. The third kappa shape index (κ3) is 2.12. The van der Waals surface area contributed by atoms with Gasteiger partial charge in [0.05, 0.1) is 0 Å². The Labute approximate surface area is 96.9 Å². The van der Waals surface area contributed by atoms with E-state index in [0.29, 0.717) is 6.54 Å². The molecule has 88 valence electrons. The average Bonchev–Trinajstić information content (AvgIpc) is 2.39. The molecule has 2 heteroatoms. The molecule has 1 unspecified atom stereocenters. The zero-order valence-corrected chi connectivity index (χ0v) is 9.66. The van der Waals surface area contributed by atoms with Crippen LogP contribution in [0.15, 0.2) is 30.3 Å². The van der Waals surface area contributed by atoms with Gasteiger partial charge in [0, 0.05) is 12.0 Å². The molecule has 2 N–H and O–H groups in total. The Morgan fingerprint density at radius 2 is 1.75 bits per heavy atom. The van der Waals surface area contributed by atoms with Crippen molar-refractivity contribution >= 4 is 0 Å². The van der Waals surface area contributed by atoms with Gasteiger partial charge in [0.25, 0.3) is 0 Å². The van der Waals surface area contributed by atoms with Crippen LogP contribution in [0.25, 0.3) is 0 Å². The van der Waals surface area contributed by atoms with Crippen LogP contribution in [0.5, 0.6) is 0 Å². The number of alkyl halides is 1. The number of benzene rings is 1. The van der Waals surface area contributed by atoms with E-state index in [4.69, 9.17) is 5.73 Å². The summed E-state index contributed by atoms with van der Waals surface area (Å²) in [5.41, 5.74) is 6.32. The number of hydrogen-bond donors (Lipinski definition) is 1. The van der Waals surface area contributed by atoms with Gasteiger partial charge in [0.2, 0.25) is 0 Å². The molecule has 1 aromatic rings. The Hall–Kier alpha value is -0.890. The molecule has 0 bridgehead atoms. The van der Waals surface area contributed by atoms with Gasteiger partial charge in [-0.3, -0.25) is 0 Å². The summed E-state index contributed by atoms with van der Waals surface area (Å²) in [7, 11) is 0. The number of nitrogens with two attached hydrogens (primary N) is 1. The highest BCUT2D eigenvalue weighted by molar-refractivity contribution is 5.20. The van der Waals surface area contributed by atoms with E-state index in [1.807, 2.05) is 30.3 Å².